The first-order chi connectivity index (χ1) is 10.1. The molecule has 0 bridgehead atoms. The molecule has 0 saturated carbocycles. The molecule has 0 aliphatic rings. The van der Waals surface area contributed by atoms with Crippen molar-refractivity contribution in [1.29, 1.82) is 0 Å². The summed E-state index contributed by atoms with van der Waals surface area (Å²) < 4.78 is 0. The number of ketones is 1. The Kier molecular flexibility index (Phi) is 5.84. The van der Waals surface area contributed by atoms with E-state index in [9.17, 15) is 4.79 Å². The van der Waals surface area contributed by atoms with Crippen molar-refractivity contribution < 1.29 is 4.79 Å². The van der Waals surface area contributed by atoms with Crippen LogP contribution in [0.5, 0.6) is 0 Å². The van der Waals surface area contributed by atoms with E-state index in [0.717, 1.165) is 24.8 Å². The Hall–Kier alpha value is -1.31. The highest BCUT2D eigenvalue weighted by atomic mass is 35.5. The molecule has 0 N–H and O–H groups in total. The highest BCUT2D eigenvalue weighted by molar-refractivity contribution is 6.31. The second-order valence-corrected chi connectivity index (χ2v) is 6.06. The number of Topliss-reactive ketones (excluding diaryl/α,β-unsaturated/α-hetero) is 1. The molecule has 2 rings (SSSR count). The molecule has 1 nitrogen and oxygen atoms in total. The van der Waals surface area contributed by atoms with E-state index in [1.165, 1.54) is 0 Å². The van der Waals surface area contributed by atoms with Gasteiger partial charge in [0.15, 0.2) is 5.78 Å². The zero-order valence-electron chi connectivity index (χ0n) is 12.0. The Morgan fingerprint density at radius 2 is 1.76 bits per heavy atom. The fourth-order valence-corrected chi connectivity index (χ4v) is 2.77. The molecule has 0 aliphatic heterocycles. The van der Waals surface area contributed by atoms with Crippen molar-refractivity contribution in [3.63, 3.8) is 0 Å². The molecule has 110 valence electrons. The van der Waals surface area contributed by atoms with E-state index in [2.05, 4.69) is 6.92 Å². The quantitative estimate of drug-likeness (QED) is 0.611. The molecular weight excluding hydrogens is 303 g/mol. The van der Waals surface area contributed by atoms with Crippen molar-refractivity contribution in [1.82, 2.24) is 0 Å². The third-order valence-corrected chi connectivity index (χ3v) is 4.00. The summed E-state index contributed by atoms with van der Waals surface area (Å²) in [5.41, 5.74) is 1.82. The molecule has 3 heteroatoms. The highest BCUT2D eigenvalue weighted by Gasteiger charge is 2.20. The molecule has 0 amide bonds. The Bertz CT molecular complexity index is 605. The van der Waals surface area contributed by atoms with Crippen molar-refractivity contribution >= 4 is 29.0 Å². The van der Waals surface area contributed by atoms with Gasteiger partial charge in [0.1, 0.15) is 0 Å². The van der Waals surface area contributed by atoms with Gasteiger partial charge in [-0.15, -0.1) is 0 Å². The third kappa shape index (κ3) is 4.59. The molecule has 1 atom stereocenters. The number of rotatable bonds is 6. The predicted molar refractivity (Wildman–Crippen MR) is 89.3 cm³/mol. The number of carbonyl (C=O) groups is 1. The number of benzene rings is 2. The van der Waals surface area contributed by atoms with Gasteiger partial charge in [0, 0.05) is 21.5 Å². The topological polar surface area (TPSA) is 17.1 Å². The van der Waals surface area contributed by atoms with E-state index >= 15 is 0 Å². The molecule has 0 radical (unpaired) electrons. The van der Waals surface area contributed by atoms with Gasteiger partial charge in [-0.05, 0) is 42.7 Å². The molecule has 21 heavy (non-hydrogen) atoms. The monoisotopic (exact) mass is 320 g/mol. The normalized spacial score (nSPS) is 12.1. The van der Waals surface area contributed by atoms with Gasteiger partial charge in [-0.1, -0.05) is 60.8 Å². The van der Waals surface area contributed by atoms with E-state index in [-0.39, 0.29) is 11.7 Å². The van der Waals surface area contributed by atoms with Gasteiger partial charge in [-0.25, -0.2) is 0 Å². The van der Waals surface area contributed by atoms with E-state index < -0.39 is 0 Å². The molecule has 2 aromatic rings. The lowest BCUT2D eigenvalue weighted by Crippen LogP contribution is -2.17. The standard InChI is InChI=1S/C18H18Cl2O/c1-2-4-14(11-13-7-9-16(19)10-8-13)18(21)15-5-3-6-17(20)12-15/h3,5-10,12,14H,2,4,11H2,1H3. The van der Waals surface area contributed by atoms with Crippen LogP contribution in [0, 0.1) is 5.92 Å². The van der Waals surface area contributed by atoms with Crippen LogP contribution >= 0.6 is 23.2 Å². The molecule has 2 aromatic carbocycles. The zero-order chi connectivity index (χ0) is 15.2. The summed E-state index contributed by atoms with van der Waals surface area (Å²) in [6, 6.07) is 14.9. The fourth-order valence-electron chi connectivity index (χ4n) is 2.46. The fraction of sp³-hybridized carbons (Fsp3) is 0.278. The molecule has 0 aromatic heterocycles. The summed E-state index contributed by atoms with van der Waals surface area (Å²) in [4.78, 5) is 12.7. The molecule has 1 unspecified atom stereocenters. The first kappa shape index (κ1) is 16.1. The Balaban J connectivity index is 2.18. The number of hydrogen-bond acceptors (Lipinski definition) is 1. The molecule has 0 saturated heterocycles. The van der Waals surface area contributed by atoms with Crippen molar-refractivity contribution in [2.75, 3.05) is 0 Å². The maximum Gasteiger partial charge on any atom is 0.166 e. The van der Waals surface area contributed by atoms with Crippen LogP contribution in [0.1, 0.15) is 35.7 Å². The number of carbonyl (C=O) groups excluding carboxylic acids is 1. The van der Waals surface area contributed by atoms with Crippen molar-refractivity contribution in [2.45, 2.75) is 26.2 Å². The van der Waals surface area contributed by atoms with Crippen LogP contribution in [0.25, 0.3) is 0 Å². The lowest BCUT2D eigenvalue weighted by atomic mass is 9.88. The molecule has 0 spiro atoms. The lowest BCUT2D eigenvalue weighted by molar-refractivity contribution is 0.0912. The summed E-state index contributed by atoms with van der Waals surface area (Å²) in [5.74, 6) is 0.143. The van der Waals surface area contributed by atoms with E-state index in [1.54, 1.807) is 12.1 Å². The largest absolute Gasteiger partial charge is 0.294 e. The van der Waals surface area contributed by atoms with Crippen LogP contribution in [0.4, 0.5) is 0 Å². The SMILES string of the molecule is CCCC(Cc1ccc(Cl)cc1)C(=O)c1cccc(Cl)c1. The van der Waals surface area contributed by atoms with Crippen LogP contribution in [0.3, 0.4) is 0 Å². The van der Waals surface area contributed by atoms with Gasteiger partial charge in [-0.2, -0.15) is 0 Å². The van der Waals surface area contributed by atoms with Crippen LogP contribution < -0.4 is 0 Å². The minimum atomic E-state index is -0.0188. The summed E-state index contributed by atoms with van der Waals surface area (Å²) in [5, 5.41) is 1.31. The highest BCUT2D eigenvalue weighted by Crippen LogP contribution is 2.22. The summed E-state index contributed by atoms with van der Waals surface area (Å²) in [7, 11) is 0. The van der Waals surface area contributed by atoms with Crippen LogP contribution in [0.15, 0.2) is 48.5 Å². The van der Waals surface area contributed by atoms with Crippen LogP contribution in [-0.4, -0.2) is 5.78 Å². The molecule has 0 fully saturated rings. The van der Waals surface area contributed by atoms with Gasteiger partial charge >= 0.3 is 0 Å². The van der Waals surface area contributed by atoms with Gasteiger partial charge in [0.05, 0.1) is 0 Å². The Morgan fingerprint density at radius 1 is 1.05 bits per heavy atom. The Labute approximate surface area is 135 Å². The van der Waals surface area contributed by atoms with Crippen molar-refractivity contribution in [3.8, 4) is 0 Å². The van der Waals surface area contributed by atoms with E-state index in [4.69, 9.17) is 23.2 Å². The smallest absolute Gasteiger partial charge is 0.166 e. The third-order valence-electron chi connectivity index (χ3n) is 3.51. The van der Waals surface area contributed by atoms with Gasteiger partial charge in [0.25, 0.3) is 0 Å². The number of hydrogen-bond donors (Lipinski definition) is 0. The summed E-state index contributed by atoms with van der Waals surface area (Å²) >= 11 is 11.9. The van der Waals surface area contributed by atoms with E-state index in [0.29, 0.717) is 15.6 Å². The summed E-state index contributed by atoms with van der Waals surface area (Å²) in [6.45, 7) is 2.10. The zero-order valence-corrected chi connectivity index (χ0v) is 13.5. The second-order valence-electron chi connectivity index (χ2n) is 5.19. The minimum absolute atomic E-state index is 0.0188. The van der Waals surface area contributed by atoms with E-state index in [1.807, 2.05) is 36.4 Å². The molecular formula is C18H18Cl2O. The second kappa shape index (κ2) is 7.63. The first-order valence-electron chi connectivity index (χ1n) is 7.14. The Morgan fingerprint density at radius 3 is 2.38 bits per heavy atom. The predicted octanol–water partition coefficient (Wildman–Crippen LogP) is 5.84. The average molecular weight is 321 g/mol. The molecule has 0 aliphatic carbocycles. The van der Waals surface area contributed by atoms with Gasteiger partial charge in [-0.3, -0.25) is 4.79 Å². The maximum atomic E-state index is 12.7. The van der Waals surface area contributed by atoms with Crippen molar-refractivity contribution in [2.24, 2.45) is 5.92 Å². The number of halogens is 2. The van der Waals surface area contributed by atoms with Gasteiger partial charge in [0.2, 0.25) is 0 Å². The maximum absolute atomic E-state index is 12.7. The van der Waals surface area contributed by atoms with Crippen molar-refractivity contribution in [3.05, 3.63) is 69.7 Å². The first-order valence-corrected chi connectivity index (χ1v) is 7.90. The van der Waals surface area contributed by atoms with Crippen LogP contribution in [0.2, 0.25) is 10.0 Å². The average Bonchev–Trinajstić information content (AvgIpc) is 2.48. The minimum Gasteiger partial charge on any atom is -0.294 e. The molecule has 0 heterocycles. The van der Waals surface area contributed by atoms with Gasteiger partial charge < -0.3 is 0 Å². The lowest BCUT2D eigenvalue weighted by Gasteiger charge is -2.15. The van der Waals surface area contributed by atoms with Crippen LogP contribution in [-0.2, 0) is 6.42 Å². The summed E-state index contributed by atoms with van der Waals surface area (Å²) in [6.07, 6.45) is 2.58.